The van der Waals surface area contributed by atoms with E-state index < -0.39 is 0 Å². The van der Waals surface area contributed by atoms with Crippen LogP contribution in [0.25, 0.3) is 0 Å². The van der Waals surface area contributed by atoms with E-state index in [-0.39, 0.29) is 11.9 Å². The number of carbonyl (C=O) groups excluding carboxylic acids is 1. The second kappa shape index (κ2) is 8.32. The Balaban J connectivity index is 1.87. The van der Waals surface area contributed by atoms with Gasteiger partial charge in [0.25, 0.3) is 0 Å². The fourth-order valence-electron chi connectivity index (χ4n) is 2.31. The van der Waals surface area contributed by atoms with Crippen molar-refractivity contribution in [1.82, 2.24) is 4.90 Å². The van der Waals surface area contributed by atoms with Crippen molar-refractivity contribution >= 4 is 28.8 Å². The van der Waals surface area contributed by atoms with E-state index in [1.165, 1.54) is 11.3 Å². The molecular formula is C17H21ClN2OS. The normalized spacial score (nSPS) is 12.1. The topological polar surface area (TPSA) is 46.3 Å². The molecule has 1 aromatic heterocycles. The molecule has 0 saturated carbocycles. The quantitative estimate of drug-likeness (QED) is 0.822. The van der Waals surface area contributed by atoms with Crippen LogP contribution in [0.5, 0.6) is 0 Å². The lowest BCUT2D eigenvalue weighted by Gasteiger charge is -2.21. The minimum absolute atomic E-state index is 0.0972. The predicted octanol–water partition coefficient (Wildman–Crippen LogP) is 4.23. The van der Waals surface area contributed by atoms with Crippen LogP contribution in [-0.4, -0.2) is 17.4 Å². The minimum atomic E-state index is -0.0972. The number of halogens is 1. The molecule has 0 radical (unpaired) electrons. The number of nitrogens with two attached hydrogens (primary N) is 1. The van der Waals surface area contributed by atoms with E-state index in [0.717, 1.165) is 14.8 Å². The van der Waals surface area contributed by atoms with Gasteiger partial charge in [-0.3, -0.25) is 4.79 Å². The highest BCUT2D eigenvalue weighted by molar-refractivity contribution is 7.16. The predicted molar refractivity (Wildman–Crippen MR) is 93.0 cm³/mol. The van der Waals surface area contributed by atoms with Crippen LogP contribution in [0.2, 0.25) is 4.34 Å². The Labute approximate surface area is 140 Å². The second-order valence-corrected chi connectivity index (χ2v) is 6.97. The van der Waals surface area contributed by atoms with Crippen molar-refractivity contribution in [2.24, 2.45) is 5.73 Å². The fourth-order valence-corrected chi connectivity index (χ4v) is 3.41. The van der Waals surface area contributed by atoms with E-state index in [4.69, 9.17) is 17.3 Å². The fraction of sp³-hybridized carbons (Fsp3) is 0.353. The molecule has 1 atom stereocenters. The van der Waals surface area contributed by atoms with Gasteiger partial charge in [0.1, 0.15) is 0 Å². The number of hydrogen-bond donors (Lipinski definition) is 1. The van der Waals surface area contributed by atoms with E-state index in [9.17, 15) is 4.79 Å². The van der Waals surface area contributed by atoms with Gasteiger partial charge in [-0.15, -0.1) is 11.3 Å². The highest BCUT2D eigenvalue weighted by atomic mass is 35.5. The molecule has 1 amide bonds. The molecule has 0 spiro atoms. The Bertz CT molecular complexity index is 600. The summed E-state index contributed by atoms with van der Waals surface area (Å²) in [5, 5.41) is 0. The summed E-state index contributed by atoms with van der Waals surface area (Å²) in [6.07, 6.45) is 1.12. The molecule has 2 rings (SSSR count). The molecule has 0 saturated heterocycles. The van der Waals surface area contributed by atoms with Crippen LogP contribution >= 0.6 is 22.9 Å². The monoisotopic (exact) mass is 336 g/mol. The van der Waals surface area contributed by atoms with Crippen LogP contribution in [0.4, 0.5) is 0 Å². The van der Waals surface area contributed by atoms with Gasteiger partial charge in [-0.25, -0.2) is 0 Å². The van der Waals surface area contributed by atoms with Crippen molar-refractivity contribution in [1.29, 1.82) is 0 Å². The lowest BCUT2D eigenvalue weighted by molar-refractivity contribution is -0.131. The van der Waals surface area contributed by atoms with E-state index in [1.54, 1.807) is 0 Å². The highest BCUT2D eigenvalue weighted by Crippen LogP contribution is 2.23. The molecule has 1 unspecified atom stereocenters. The maximum Gasteiger partial charge on any atom is 0.222 e. The van der Waals surface area contributed by atoms with Crippen molar-refractivity contribution < 1.29 is 4.79 Å². The summed E-state index contributed by atoms with van der Waals surface area (Å²) in [5.74, 6) is 0.137. The van der Waals surface area contributed by atoms with Gasteiger partial charge in [0.05, 0.1) is 10.9 Å². The minimum Gasteiger partial charge on any atom is -0.338 e. The summed E-state index contributed by atoms with van der Waals surface area (Å²) in [6, 6.07) is 13.6. The van der Waals surface area contributed by atoms with Crippen LogP contribution in [0.15, 0.2) is 42.5 Å². The molecule has 0 bridgehead atoms. The standard InChI is InChI=1S/C17H21ClN2OS/c1-2-20(12-14-8-10-16(18)22-14)17(21)11-9-15(19)13-6-4-3-5-7-13/h3-8,10,15H,2,9,11-12,19H2,1H3. The van der Waals surface area contributed by atoms with Gasteiger partial charge in [0.2, 0.25) is 5.91 Å². The number of carbonyl (C=O) groups is 1. The maximum atomic E-state index is 12.4. The SMILES string of the molecule is CCN(Cc1ccc(Cl)s1)C(=O)CCC(N)c1ccccc1. The molecule has 0 fully saturated rings. The zero-order chi connectivity index (χ0) is 15.9. The van der Waals surface area contributed by atoms with Crippen molar-refractivity contribution in [2.45, 2.75) is 32.4 Å². The zero-order valence-electron chi connectivity index (χ0n) is 12.7. The average Bonchev–Trinajstić information content (AvgIpc) is 2.96. The van der Waals surface area contributed by atoms with Crippen LogP contribution in [0.1, 0.15) is 36.2 Å². The molecule has 0 aliphatic carbocycles. The third-order valence-corrected chi connectivity index (χ3v) is 4.82. The molecule has 0 aliphatic rings. The summed E-state index contributed by atoms with van der Waals surface area (Å²) in [6.45, 7) is 3.30. The molecule has 2 N–H and O–H groups in total. The zero-order valence-corrected chi connectivity index (χ0v) is 14.2. The van der Waals surface area contributed by atoms with Crippen LogP contribution in [0, 0.1) is 0 Å². The lowest BCUT2D eigenvalue weighted by atomic mass is 10.0. The first-order chi connectivity index (χ1) is 10.6. The molecule has 2 aromatic rings. The number of hydrogen-bond acceptors (Lipinski definition) is 3. The van der Waals surface area contributed by atoms with E-state index >= 15 is 0 Å². The van der Waals surface area contributed by atoms with Crippen molar-refractivity contribution in [3.8, 4) is 0 Å². The lowest BCUT2D eigenvalue weighted by Crippen LogP contribution is -2.30. The Hall–Kier alpha value is -1.36. The second-order valence-electron chi connectivity index (χ2n) is 5.17. The third-order valence-electron chi connectivity index (χ3n) is 3.61. The Kier molecular flexibility index (Phi) is 6.43. The number of rotatable bonds is 7. The molecule has 3 nitrogen and oxygen atoms in total. The summed E-state index contributed by atoms with van der Waals surface area (Å²) < 4.78 is 0.754. The summed E-state index contributed by atoms with van der Waals surface area (Å²) in [7, 11) is 0. The van der Waals surface area contributed by atoms with Gasteiger partial charge in [0.15, 0.2) is 0 Å². The summed E-state index contributed by atoms with van der Waals surface area (Å²) >= 11 is 7.45. The molecule has 5 heteroatoms. The first-order valence-electron chi connectivity index (χ1n) is 7.42. The molecule has 1 heterocycles. The molecule has 22 heavy (non-hydrogen) atoms. The molecule has 0 aliphatic heterocycles. The van der Waals surface area contributed by atoms with E-state index in [1.807, 2.05) is 54.3 Å². The van der Waals surface area contributed by atoms with Crippen molar-refractivity contribution in [3.05, 3.63) is 57.2 Å². The van der Waals surface area contributed by atoms with Crippen LogP contribution < -0.4 is 5.73 Å². The first-order valence-corrected chi connectivity index (χ1v) is 8.62. The van der Waals surface area contributed by atoms with Crippen LogP contribution in [-0.2, 0) is 11.3 Å². The largest absolute Gasteiger partial charge is 0.338 e. The van der Waals surface area contributed by atoms with Crippen LogP contribution in [0.3, 0.4) is 0 Å². The number of thiophene rings is 1. The number of nitrogens with zero attached hydrogens (tertiary/aromatic N) is 1. The van der Waals surface area contributed by atoms with Gasteiger partial charge in [-0.2, -0.15) is 0 Å². The third kappa shape index (κ3) is 4.83. The van der Waals surface area contributed by atoms with Crippen molar-refractivity contribution in [3.63, 3.8) is 0 Å². The van der Waals surface area contributed by atoms with Crippen molar-refractivity contribution in [2.75, 3.05) is 6.54 Å². The van der Waals surface area contributed by atoms with Gasteiger partial charge in [-0.1, -0.05) is 41.9 Å². The summed E-state index contributed by atoms with van der Waals surface area (Å²) in [4.78, 5) is 15.3. The highest BCUT2D eigenvalue weighted by Gasteiger charge is 2.15. The Morgan fingerprint density at radius 3 is 2.59 bits per heavy atom. The maximum absolute atomic E-state index is 12.4. The molecule has 118 valence electrons. The average molecular weight is 337 g/mol. The number of benzene rings is 1. The van der Waals surface area contributed by atoms with Gasteiger partial charge in [0, 0.05) is 23.9 Å². The van der Waals surface area contributed by atoms with E-state index in [2.05, 4.69) is 0 Å². The first kappa shape index (κ1) is 17.0. The molecular weight excluding hydrogens is 316 g/mol. The Morgan fingerprint density at radius 1 is 1.27 bits per heavy atom. The number of amides is 1. The summed E-state index contributed by atoms with van der Waals surface area (Å²) in [5.41, 5.74) is 7.23. The Morgan fingerprint density at radius 2 is 2.00 bits per heavy atom. The van der Waals surface area contributed by atoms with Gasteiger partial charge in [-0.05, 0) is 31.0 Å². The smallest absolute Gasteiger partial charge is 0.222 e. The van der Waals surface area contributed by atoms with Gasteiger partial charge >= 0.3 is 0 Å². The molecule has 1 aromatic carbocycles. The van der Waals surface area contributed by atoms with Gasteiger partial charge < -0.3 is 10.6 Å². The van der Waals surface area contributed by atoms with E-state index in [0.29, 0.717) is 25.9 Å².